The van der Waals surface area contributed by atoms with Crippen molar-refractivity contribution in [2.75, 3.05) is 0 Å². The minimum absolute atomic E-state index is 0.0624. The van der Waals surface area contributed by atoms with Crippen LogP contribution in [-0.4, -0.2) is 18.6 Å². The zero-order chi connectivity index (χ0) is 11.9. The second-order valence-electron chi connectivity index (χ2n) is 2.93. The van der Waals surface area contributed by atoms with Gasteiger partial charge in [-0.1, -0.05) is 23.2 Å². The Hall–Kier alpha value is -0.620. The van der Waals surface area contributed by atoms with Crippen molar-refractivity contribution in [1.29, 1.82) is 0 Å². The lowest BCUT2D eigenvalue weighted by Gasteiger charge is -2.02. The molecule has 0 N–H and O–H groups in total. The van der Waals surface area contributed by atoms with E-state index in [1.165, 1.54) is 18.2 Å². The molecule has 0 fully saturated rings. The molecule has 0 radical (unpaired) electrons. The highest BCUT2D eigenvalue weighted by Gasteiger charge is 2.13. The van der Waals surface area contributed by atoms with E-state index in [-0.39, 0.29) is 15.2 Å². The minimum atomic E-state index is -3.80. The molecule has 2 rings (SSSR count). The summed E-state index contributed by atoms with van der Waals surface area (Å²) in [7, 11) is 1.41. The average Bonchev–Trinajstić information content (AvgIpc) is 2.22. The first-order valence-electron chi connectivity index (χ1n) is 3.95. The van der Waals surface area contributed by atoms with Gasteiger partial charge < -0.3 is 0 Å². The molecule has 8 heteroatoms. The molecule has 2 aromatic rings. The second-order valence-corrected chi connectivity index (χ2v) is 6.21. The Labute approximate surface area is 106 Å². The van der Waals surface area contributed by atoms with Crippen LogP contribution in [0, 0.1) is 0 Å². The van der Waals surface area contributed by atoms with E-state index in [0.29, 0.717) is 10.8 Å². The van der Waals surface area contributed by atoms with Crippen molar-refractivity contribution < 1.29 is 8.42 Å². The maximum atomic E-state index is 11.1. The topological polar surface area (TPSA) is 59.9 Å². The molecule has 0 saturated heterocycles. The normalized spacial score (nSPS) is 11.9. The van der Waals surface area contributed by atoms with Crippen LogP contribution in [0.2, 0.25) is 10.3 Å². The van der Waals surface area contributed by atoms with E-state index in [4.69, 9.17) is 33.9 Å². The quantitative estimate of drug-likeness (QED) is 0.759. The summed E-state index contributed by atoms with van der Waals surface area (Å²) < 4.78 is 22.3. The van der Waals surface area contributed by atoms with Crippen LogP contribution in [-0.2, 0) is 9.05 Å². The largest absolute Gasteiger partial charge is 0.261 e. The summed E-state index contributed by atoms with van der Waals surface area (Å²) in [5.74, 6) is 0. The Balaban J connectivity index is 2.86. The fourth-order valence-corrected chi connectivity index (χ4v) is 2.40. The zero-order valence-corrected chi connectivity index (χ0v) is 10.6. The molecule has 4 nitrogen and oxygen atoms in total. The summed E-state index contributed by atoms with van der Waals surface area (Å²) >= 11 is 11.6. The third-order valence-corrected chi connectivity index (χ3v) is 3.85. The number of nitrogens with zero attached hydrogens (tertiary/aromatic N) is 2. The molecule has 0 saturated carbocycles. The molecule has 1 heterocycles. The Morgan fingerprint density at radius 3 is 2.12 bits per heavy atom. The van der Waals surface area contributed by atoms with Crippen LogP contribution >= 0.6 is 33.9 Å². The molecule has 0 bridgehead atoms. The van der Waals surface area contributed by atoms with E-state index < -0.39 is 9.05 Å². The highest BCUT2D eigenvalue weighted by atomic mass is 35.7. The number of hydrogen-bond donors (Lipinski definition) is 0. The molecule has 0 spiro atoms. The van der Waals surface area contributed by atoms with Gasteiger partial charge in [0.15, 0.2) is 10.3 Å². The predicted octanol–water partition coefficient (Wildman–Crippen LogP) is 2.86. The van der Waals surface area contributed by atoms with Crippen LogP contribution in [0.4, 0.5) is 0 Å². The summed E-state index contributed by atoms with van der Waals surface area (Å²) in [6.45, 7) is 0. The molecule has 0 amide bonds. The third kappa shape index (κ3) is 2.08. The van der Waals surface area contributed by atoms with Gasteiger partial charge in [0.05, 0.1) is 4.90 Å². The van der Waals surface area contributed by atoms with Gasteiger partial charge in [-0.25, -0.2) is 8.42 Å². The first-order chi connectivity index (χ1) is 7.39. The average molecular weight is 298 g/mol. The van der Waals surface area contributed by atoms with Gasteiger partial charge in [-0.15, -0.1) is 10.2 Å². The maximum absolute atomic E-state index is 11.1. The van der Waals surface area contributed by atoms with Crippen LogP contribution in [0.25, 0.3) is 10.8 Å². The monoisotopic (exact) mass is 296 g/mol. The lowest BCUT2D eigenvalue weighted by atomic mass is 10.2. The SMILES string of the molecule is O=S(=O)(Cl)c1ccc2c(Cl)nnc(Cl)c2c1. The van der Waals surface area contributed by atoms with Crippen molar-refractivity contribution >= 4 is 53.7 Å². The number of halogens is 3. The van der Waals surface area contributed by atoms with E-state index in [0.717, 1.165) is 0 Å². The van der Waals surface area contributed by atoms with Gasteiger partial charge in [0.1, 0.15) is 0 Å². The summed E-state index contributed by atoms with van der Waals surface area (Å²) in [5, 5.41) is 8.31. The minimum Gasteiger partial charge on any atom is -0.207 e. The number of benzene rings is 1. The first-order valence-corrected chi connectivity index (χ1v) is 7.02. The van der Waals surface area contributed by atoms with Crippen molar-refractivity contribution in [2.24, 2.45) is 0 Å². The molecule has 84 valence electrons. The molecule has 1 aromatic heterocycles. The molecule has 0 atom stereocenters. The van der Waals surface area contributed by atoms with Crippen LogP contribution < -0.4 is 0 Å². The fraction of sp³-hybridized carbons (Fsp3) is 0. The van der Waals surface area contributed by atoms with E-state index in [9.17, 15) is 8.42 Å². The summed E-state index contributed by atoms with van der Waals surface area (Å²) in [6.07, 6.45) is 0. The number of rotatable bonds is 1. The summed E-state index contributed by atoms with van der Waals surface area (Å²) in [5.41, 5.74) is 0. The fourth-order valence-electron chi connectivity index (χ4n) is 1.22. The highest BCUT2D eigenvalue weighted by Crippen LogP contribution is 2.29. The molecular weight excluding hydrogens is 295 g/mol. The van der Waals surface area contributed by atoms with Crippen molar-refractivity contribution in [3.05, 3.63) is 28.5 Å². The highest BCUT2D eigenvalue weighted by molar-refractivity contribution is 8.13. The van der Waals surface area contributed by atoms with Crippen LogP contribution in [0.5, 0.6) is 0 Å². The Morgan fingerprint density at radius 1 is 1.00 bits per heavy atom. The van der Waals surface area contributed by atoms with E-state index in [1.807, 2.05) is 0 Å². The molecule has 0 aliphatic heterocycles. The van der Waals surface area contributed by atoms with E-state index in [1.54, 1.807) is 0 Å². The van der Waals surface area contributed by atoms with Crippen molar-refractivity contribution in [3.63, 3.8) is 0 Å². The third-order valence-electron chi connectivity index (χ3n) is 1.94. The smallest absolute Gasteiger partial charge is 0.207 e. The lowest BCUT2D eigenvalue weighted by Crippen LogP contribution is -1.92. The standard InChI is InChI=1S/C8H3Cl3N2O2S/c9-7-5-2-1-4(16(11,14)15)3-6(5)8(10)13-12-7/h1-3H. The van der Waals surface area contributed by atoms with Crippen molar-refractivity contribution in [1.82, 2.24) is 10.2 Å². The van der Waals surface area contributed by atoms with Crippen LogP contribution in [0.15, 0.2) is 23.1 Å². The first kappa shape index (κ1) is 11.9. The molecule has 16 heavy (non-hydrogen) atoms. The zero-order valence-electron chi connectivity index (χ0n) is 7.49. The molecule has 1 aromatic carbocycles. The van der Waals surface area contributed by atoms with Crippen molar-refractivity contribution in [3.8, 4) is 0 Å². The van der Waals surface area contributed by atoms with Crippen LogP contribution in [0.1, 0.15) is 0 Å². The lowest BCUT2D eigenvalue weighted by molar-refractivity contribution is 0.609. The Bertz CT molecular complexity index is 672. The van der Waals surface area contributed by atoms with Crippen molar-refractivity contribution in [2.45, 2.75) is 4.90 Å². The molecule has 0 aliphatic carbocycles. The summed E-state index contributed by atoms with van der Waals surface area (Å²) in [6, 6.07) is 4.11. The maximum Gasteiger partial charge on any atom is 0.261 e. The predicted molar refractivity (Wildman–Crippen MR) is 62.6 cm³/mol. The van der Waals surface area contributed by atoms with Gasteiger partial charge in [-0.2, -0.15) is 0 Å². The Kier molecular flexibility index (Phi) is 2.96. The second kappa shape index (κ2) is 4.00. The summed E-state index contributed by atoms with van der Waals surface area (Å²) in [4.78, 5) is -0.0624. The van der Waals surface area contributed by atoms with E-state index >= 15 is 0 Å². The number of fused-ring (bicyclic) bond motifs is 1. The van der Waals surface area contributed by atoms with Gasteiger partial charge >= 0.3 is 0 Å². The van der Waals surface area contributed by atoms with Gasteiger partial charge in [-0.3, -0.25) is 0 Å². The van der Waals surface area contributed by atoms with Gasteiger partial charge in [0, 0.05) is 21.5 Å². The Morgan fingerprint density at radius 2 is 1.56 bits per heavy atom. The molecular formula is C8H3Cl3N2O2S. The molecule has 0 unspecified atom stereocenters. The van der Waals surface area contributed by atoms with E-state index in [2.05, 4.69) is 10.2 Å². The number of hydrogen-bond acceptors (Lipinski definition) is 4. The van der Waals surface area contributed by atoms with Gasteiger partial charge in [0.25, 0.3) is 9.05 Å². The van der Waals surface area contributed by atoms with Gasteiger partial charge in [-0.05, 0) is 18.2 Å². The van der Waals surface area contributed by atoms with Crippen LogP contribution in [0.3, 0.4) is 0 Å². The van der Waals surface area contributed by atoms with Gasteiger partial charge in [0.2, 0.25) is 0 Å². The number of aromatic nitrogens is 2. The molecule has 0 aliphatic rings.